The highest BCUT2D eigenvalue weighted by Gasteiger charge is 2.22. The monoisotopic (exact) mass is 308 g/mol. The summed E-state index contributed by atoms with van der Waals surface area (Å²) in [5.74, 6) is -4.74. The van der Waals surface area contributed by atoms with Gasteiger partial charge in [0.15, 0.2) is 17.5 Å². The third-order valence-electron chi connectivity index (χ3n) is 3.11. The van der Waals surface area contributed by atoms with Gasteiger partial charge in [-0.15, -0.1) is 0 Å². The summed E-state index contributed by atoms with van der Waals surface area (Å²) in [5.41, 5.74) is -0.380. The van der Waals surface area contributed by atoms with Crippen LogP contribution in [0.15, 0.2) is 24.5 Å². The fraction of sp³-hybridized carbons (Fsp3) is 0.214. The SMILES string of the molecule is O=C(Nc1ccc(F)c(F)c1F)c1cnc(NC2CC2)nc1. The number of anilines is 2. The topological polar surface area (TPSA) is 66.9 Å². The molecule has 1 aliphatic rings. The Morgan fingerprint density at radius 2 is 1.77 bits per heavy atom. The van der Waals surface area contributed by atoms with E-state index in [-0.39, 0.29) is 5.56 Å². The Balaban J connectivity index is 1.72. The highest BCUT2D eigenvalue weighted by molar-refractivity contribution is 6.03. The minimum absolute atomic E-state index is 0.0745. The number of halogens is 3. The number of hydrogen-bond acceptors (Lipinski definition) is 4. The summed E-state index contributed by atoms with van der Waals surface area (Å²) in [6.45, 7) is 0. The van der Waals surface area contributed by atoms with Crippen molar-refractivity contribution in [3.8, 4) is 0 Å². The van der Waals surface area contributed by atoms with Crippen molar-refractivity contribution in [3.63, 3.8) is 0 Å². The van der Waals surface area contributed by atoms with Gasteiger partial charge in [0.1, 0.15) is 0 Å². The highest BCUT2D eigenvalue weighted by atomic mass is 19.2. The average Bonchev–Trinajstić information content (AvgIpc) is 3.32. The van der Waals surface area contributed by atoms with Crippen LogP contribution in [0, 0.1) is 17.5 Å². The van der Waals surface area contributed by atoms with Crippen LogP contribution in [0.2, 0.25) is 0 Å². The molecule has 8 heteroatoms. The fourth-order valence-electron chi connectivity index (χ4n) is 1.75. The van der Waals surface area contributed by atoms with Gasteiger partial charge in [0.05, 0.1) is 11.3 Å². The van der Waals surface area contributed by atoms with Crippen molar-refractivity contribution >= 4 is 17.5 Å². The molecule has 1 heterocycles. The predicted octanol–water partition coefficient (Wildman–Crippen LogP) is 2.72. The van der Waals surface area contributed by atoms with Crippen molar-refractivity contribution in [2.75, 3.05) is 10.6 Å². The minimum Gasteiger partial charge on any atom is -0.351 e. The molecule has 3 rings (SSSR count). The van der Waals surface area contributed by atoms with E-state index in [1.165, 1.54) is 12.4 Å². The van der Waals surface area contributed by atoms with E-state index in [9.17, 15) is 18.0 Å². The van der Waals surface area contributed by atoms with E-state index < -0.39 is 29.0 Å². The average molecular weight is 308 g/mol. The third kappa shape index (κ3) is 3.00. The second-order valence-electron chi connectivity index (χ2n) is 4.89. The van der Waals surface area contributed by atoms with Crippen molar-refractivity contribution < 1.29 is 18.0 Å². The first-order chi connectivity index (χ1) is 10.5. The molecule has 0 radical (unpaired) electrons. The van der Waals surface area contributed by atoms with Gasteiger partial charge in [0.25, 0.3) is 5.91 Å². The Morgan fingerprint density at radius 1 is 1.09 bits per heavy atom. The van der Waals surface area contributed by atoms with Crippen molar-refractivity contribution in [2.24, 2.45) is 0 Å². The van der Waals surface area contributed by atoms with E-state index in [0.717, 1.165) is 25.0 Å². The number of aromatic nitrogens is 2. The molecule has 114 valence electrons. The first-order valence-corrected chi connectivity index (χ1v) is 6.58. The van der Waals surface area contributed by atoms with Crippen LogP contribution in [0.4, 0.5) is 24.8 Å². The quantitative estimate of drug-likeness (QED) is 0.852. The number of benzene rings is 1. The summed E-state index contributed by atoms with van der Waals surface area (Å²) in [6.07, 6.45) is 4.65. The van der Waals surface area contributed by atoms with Crippen molar-refractivity contribution in [2.45, 2.75) is 18.9 Å². The van der Waals surface area contributed by atoms with Crippen molar-refractivity contribution in [1.29, 1.82) is 0 Å². The Bertz CT molecular complexity index is 717. The number of nitrogens with zero attached hydrogens (tertiary/aromatic N) is 2. The molecule has 0 atom stereocenters. The van der Waals surface area contributed by atoms with Gasteiger partial charge in [-0.25, -0.2) is 23.1 Å². The van der Waals surface area contributed by atoms with Crippen LogP contribution < -0.4 is 10.6 Å². The zero-order valence-electron chi connectivity index (χ0n) is 11.2. The van der Waals surface area contributed by atoms with Gasteiger partial charge in [-0.1, -0.05) is 0 Å². The molecule has 0 saturated heterocycles. The normalized spacial score (nSPS) is 13.8. The van der Waals surface area contributed by atoms with Crippen molar-refractivity contribution in [3.05, 3.63) is 47.5 Å². The molecule has 1 fully saturated rings. The lowest BCUT2D eigenvalue weighted by Crippen LogP contribution is -2.15. The zero-order chi connectivity index (χ0) is 15.7. The molecule has 0 unspecified atom stereocenters. The van der Waals surface area contributed by atoms with E-state index >= 15 is 0 Å². The maximum atomic E-state index is 13.5. The minimum atomic E-state index is -1.64. The first-order valence-electron chi connectivity index (χ1n) is 6.58. The Kier molecular flexibility index (Phi) is 3.66. The molecule has 1 aliphatic carbocycles. The zero-order valence-corrected chi connectivity index (χ0v) is 11.2. The highest BCUT2D eigenvalue weighted by Crippen LogP contribution is 2.23. The molecule has 0 aliphatic heterocycles. The van der Waals surface area contributed by atoms with Crippen LogP contribution in [0.5, 0.6) is 0 Å². The van der Waals surface area contributed by atoms with E-state index in [4.69, 9.17) is 0 Å². The first kappa shape index (κ1) is 14.3. The largest absolute Gasteiger partial charge is 0.351 e. The lowest BCUT2D eigenvalue weighted by molar-refractivity contribution is 0.102. The van der Waals surface area contributed by atoms with E-state index in [1.807, 2.05) is 0 Å². The summed E-state index contributed by atoms with van der Waals surface area (Å²) in [4.78, 5) is 19.8. The van der Waals surface area contributed by atoms with Gasteiger partial charge in [-0.2, -0.15) is 0 Å². The maximum absolute atomic E-state index is 13.5. The number of rotatable bonds is 4. The molecule has 22 heavy (non-hydrogen) atoms. The van der Waals surface area contributed by atoms with Gasteiger partial charge < -0.3 is 10.6 Å². The van der Waals surface area contributed by atoms with Gasteiger partial charge in [0, 0.05) is 18.4 Å². The molecule has 0 spiro atoms. The molecule has 1 amide bonds. The smallest absolute Gasteiger partial charge is 0.258 e. The molecule has 2 N–H and O–H groups in total. The lowest BCUT2D eigenvalue weighted by Gasteiger charge is -2.07. The van der Waals surface area contributed by atoms with Gasteiger partial charge >= 0.3 is 0 Å². The maximum Gasteiger partial charge on any atom is 0.258 e. The van der Waals surface area contributed by atoms with E-state index in [2.05, 4.69) is 20.6 Å². The third-order valence-corrected chi connectivity index (χ3v) is 3.11. The number of hydrogen-bond donors (Lipinski definition) is 2. The fourth-order valence-corrected chi connectivity index (χ4v) is 1.75. The van der Waals surface area contributed by atoms with Gasteiger partial charge in [-0.05, 0) is 25.0 Å². The molecule has 2 aromatic rings. The van der Waals surface area contributed by atoms with Gasteiger partial charge in [0.2, 0.25) is 5.95 Å². The number of nitrogens with one attached hydrogen (secondary N) is 2. The summed E-state index contributed by atoms with van der Waals surface area (Å²) < 4.78 is 39.4. The second kappa shape index (κ2) is 5.63. The van der Waals surface area contributed by atoms with Crippen LogP contribution in [0.25, 0.3) is 0 Å². The second-order valence-corrected chi connectivity index (χ2v) is 4.89. The standard InChI is InChI=1S/C14H11F3N4O/c15-9-3-4-10(12(17)11(9)16)21-13(22)7-5-18-14(19-6-7)20-8-1-2-8/h3-6,8H,1-2H2,(H,21,22)(H,18,19,20). The lowest BCUT2D eigenvalue weighted by atomic mass is 10.2. The Morgan fingerprint density at radius 3 is 2.41 bits per heavy atom. The Labute approximate surface area is 123 Å². The van der Waals surface area contributed by atoms with E-state index in [0.29, 0.717) is 12.0 Å². The summed E-state index contributed by atoms with van der Waals surface area (Å²) in [5, 5.41) is 5.20. The molecule has 1 aromatic carbocycles. The summed E-state index contributed by atoms with van der Waals surface area (Å²) in [6, 6.07) is 2.04. The number of amides is 1. The van der Waals surface area contributed by atoms with Crippen LogP contribution in [0.3, 0.4) is 0 Å². The van der Waals surface area contributed by atoms with Crippen LogP contribution >= 0.6 is 0 Å². The number of carbonyl (C=O) groups excluding carboxylic acids is 1. The predicted molar refractivity (Wildman–Crippen MR) is 72.9 cm³/mol. The van der Waals surface area contributed by atoms with Gasteiger partial charge in [-0.3, -0.25) is 4.79 Å². The summed E-state index contributed by atoms with van der Waals surface area (Å²) >= 11 is 0. The number of carbonyl (C=O) groups is 1. The van der Waals surface area contributed by atoms with Crippen molar-refractivity contribution in [1.82, 2.24) is 9.97 Å². The molecular formula is C14H11F3N4O. The van der Waals surface area contributed by atoms with Crippen LogP contribution in [-0.4, -0.2) is 21.9 Å². The Hall–Kier alpha value is -2.64. The van der Waals surface area contributed by atoms with Crippen LogP contribution in [-0.2, 0) is 0 Å². The molecule has 1 aromatic heterocycles. The molecule has 1 saturated carbocycles. The molecule has 5 nitrogen and oxygen atoms in total. The summed E-state index contributed by atoms with van der Waals surface area (Å²) in [7, 11) is 0. The molecular weight excluding hydrogens is 297 g/mol. The molecule has 0 bridgehead atoms. The van der Waals surface area contributed by atoms with E-state index in [1.54, 1.807) is 0 Å². The van der Waals surface area contributed by atoms with Crippen LogP contribution in [0.1, 0.15) is 23.2 Å².